The quantitative estimate of drug-likeness (QED) is 0.560. The molecule has 1 aromatic carbocycles. The highest BCUT2D eigenvalue weighted by atomic mass is 32.2. The van der Waals surface area contributed by atoms with Gasteiger partial charge in [-0.05, 0) is 37.1 Å². The van der Waals surface area contributed by atoms with Crippen LogP contribution in [0.2, 0.25) is 0 Å². The number of hydrogen-bond donors (Lipinski definition) is 3. The molecule has 0 radical (unpaired) electrons. The normalized spacial score (nSPS) is 18.9. The number of aliphatic carboxylic acids is 1. The second kappa shape index (κ2) is 9.01. The first-order chi connectivity index (χ1) is 13.0. The number of amides is 1. The van der Waals surface area contributed by atoms with E-state index in [4.69, 9.17) is 5.11 Å². The van der Waals surface area contributed by atoms with Crippen LogP contribution in [0.5, 0.6) is 0 Å². The number of nitrogens with one attached hydrogen (secondary N) is 2. The second-order valence-electron chi connectivity index (χ2n) is 6.53. The number of hydrogen-bond acceptors (Lipinski definition) is 6. The topological polar surface area (TPSA) is 111 Å². The molecule has 1 amide bonds. The Labute approximate surface area is 161 Å². The molecule has 0 atom stereocenters. The Morgan fingerprint density at radius 3 is 2.67 bits per heavy atom. The number of carboxylic acids is 1. The molecular weight excluding hydrogens is 366 g/mol. The minimum absolute atomic E-state index is 0.0510. The number of aromatic nitrogens is 3. The number of likely N-dealkylation sites (N-methyl/N-ethyl adjacent to an activating group) is 1. The summed E-state index contributed by atoms with van der Waals surface area (Å²) in [6.07, 6.45) is 3.06. The van der Waals surface area contributed by atoms with Crippen molar-refractivity contribution in [3.63, 3.8) is 0 Å². The summed E-state index contributed by atoms with van der Waals surface area (Å²) in [6, 6.07) is 7.86. The van der Waals surface area contributed by atoms with Crippen LogP contribution in [-0.2, 0) is 10.5 Å². The molecule has 3 N–H and O–H groups in total. The smallest absolute Gasteiger partial charge is 0.317 e. The number of H-pyrrole nitrogens is 1. The number of carbonyl (C=O) groups is 2. The molecule has 1 aliphatic rings. The summed E-state index contributed by atoms with van der Waals surface area (Å²) >= 11 is 1.55. The van der Waals surface area contributed by atoms with Gasteiger partial charge in [0, 0.05) is 23.4 Å². The standard InChI is InChI=1S/C18H23N5O3S/c1-2-23(9-16(24)25)15-7-14(8-15)21-17(26)13-5-3-12(4-6-13)10-27-18-19-11-20-22-18/h3-6,11,14-15H,2,7-10H2,1H3,(H,21,26)(H,24,25)(H,19,20,22). The molecule has 0 spiro atoms. The molecular formula is C18H23N5O3S. The molecule has 3 rings (SSSR count). The number of benzene rings is 1. The predicted molar refractivity (Wildman–Crippen MR) is 102 cm³/mol. The first-order valence-electron chi connectivity index (χ1n) is 8.89. The van der Waals surface area contributed by atoms with E-state index >= 15 is 0 Å². The maximum Gasteiger partial charge on any atom is 0.317 e. The zero-order valence-electron chi connectivity index (χ0n) is 15.1. The summed E-state index contributed by atoms with van der Waals surface area (Å²) in [5.74, 6) is -0.155. The molecule has 1 heterocycles. The van der Waals surface area contributed by atoms with Crippen molar-refractivity contribution in [2.24, 2.45) is 0 Å². The van der Waals surface area contributed by atoms with Crippen LogP contribution >= 0.6 is 11.8 Å². The molecule has 144 valence electrons. The third-order valence-electron chi connectivity index (χ3n) is 4.69. The van der Waals surface area contributed by atoms with Crippen LogP contribution < -0.4 is 5.32 Å². The lowest BCUT2D eigenvalue weighted by atomic mass is 9.85. The summed E-state index contributed by atoms with van der Waals surface area (Å²) < 4.78 is 0. The number of aromatic amines is 1. The number of carboxylic acid groups (broad SMARTS) is 1. The third kappa shape index (κ3) is 5.30. The van der Waals surface area contributed by atoms with E-state index in [2.05, 4.69) is 20.5 Å². The fraction of sp³-hybridized carbons (Fsp3) is 0.444. The Morgan fingerprint density at radius 1 is 1.33 bits per heavy atom. The van der Waals surface area contributed by atoms with Crippen LogP contribution in [0, 0.1) is 0 Å². The zero-order valence-corrected chi connectivity index (χ0v) is 15.9. The number of carbonyl (C=O) groups excluding carboxylic acids is 1. The maximum atomic E-state index is 12.4. The molecule has 0 bridgehead atoms. The molecule has 2 aromatic rings. The van der Waals surface area contributed by atoms with Crippen molar-refractivity contribution in [3.8, 4) is 0 Å². The van der Waals surface area contributed by atoms with Crippen molar-refractivity contribution in [3.05, 3.63) is 41.7 Å². The van der Waals surface area contributed by atoms with E-state index in [0.29, 0.717) is 12.1 Å². The van der Waals surface area contributed by atoms with E-state index < -0.39 is 5.97 Å². The lowest BCUT2D eigenvalue weighted by Gasteiger charge is -2.42. The summed E-state index contributed by atoms with van der Waals surface area (Å²) in [5, 5.41) is 19.3. The fourth-order valence-corrected chi connectivity index (χ4v) is 3.85. The van der Waals surface area contributed by atoms with Gasteiger partial charge < -0.3 is 10.4 Å². The number of thioether (sulfide) groups is 1. The van der Waals surface area contributed by atoms with Gasteiger partial charge in [0.1, 0.15) is 6.33 Å². The molecule has 1 aromatic heterocycles. The van der Waals surface area contributed by atoms with E-state index in [1.165, 1.54) is 6.33 Å². The average molecular weight is 389 g/mol. The van der Waals surface area contributed by atoms with E-state index in [0.717, 1.165) is 29.3 Å². The Hall–Kier alpha value is -2.39. The van der Waals surface area contributed by atoms with Crippen molar-refractivity contribution in [1.29, 1.82) is 0 Å². The van der Waals surface area contributed by atoms with Crippen molar-refractivity contribution in [2.45, 2.75) is 42.8 Å². The summed E-state index contributed by atoms with van der Waals surface area (Å²) in [6.45, 7) is 2.71. The monoisotopic (exact) mass is 389 g/mol. The van der Waals surface area contributed by atoms with Gasteiger partial charge in [-0.2, -0.15) is 5.10 Å². The molecule has 0 saturated heterocycles. The van der Waals surface area contributed by atoms with E-state index in [-0.39, 0.29) is 24.5 Å². The van der Waals surface area contributed by atoms with Gasteiger partial charge in [0.25, 0.3) is 5.91 Å². The summed E-state index contributed by atoms with van der Waals surface area (Å²) in [7, 11) is 0. The van der Waals surface area contributed by atoms with Crippen LogP contribution in [0.3, 0.4) is 0 Å². The number of rotatable bonds is 9. The molecule has 0 aliphatic heterocycles. The van der Waals surface area contributed by atoms with Gasteiger partial charge in [-0.15, -0.1) is 0 Å². The Bertz CT molecular complexity index is 760. The highest BCUT2D eigenvalue weighted by Gasteiger charge is 2.34. The largest absolute Gasteiger partial charge is 0.480 e. The van der Waals surface area contributed by atoms with Gasteiger partial charge in [0.15, 0.2) is 5.16 Å². The molecule has 1 fully saturated rings. The van der Waals surface area contributed by atoms with Gasteiger partial charge in [-0.3, -0.25) is 19.6 Å². The minimum Gasteiger partial charge on any atom is -0.480 e. The molecule has 8 nitrogen and oxygen atoms in total. The maximum absolute atomic E-state index is 12.4. The summed E-state index contributed by atoms with van der Waals surface area (Å²) in [4.78, 5) is 29.3. The van der Waals surface area contributed by atoms with E-state index in [1.54, 1.807) is 11.8 Å². The minimum atomic E-state index is -0.814. The Morgan fingerprint density at radius 2 is 2.07 bits per heavy atom. The molecule has 1 aliphatic carbocycles. The molecule has 0 unspecified atom stereocenters. The highest BCUT2D eigenvalue weighted by Crippen LogP contribution is 2.26. The highest BCUT2D eigenvalue weighted by molar-refractivity contribution is 7.98. The van der Waals surface area contributed by atoms with Crippen molar-refractivity contribution >= 4 is 23.6 Å². The lowest BCUT2D eigenvalue weighted by Crippen LogP contribution is -2.54. The Kier molecular flexibility index (Phi) is 6.46. The van der Waals surface area contributed by atoms with Gasteiger partial charge in [-0.1, -0.05) is 30.8 Å². The van der Waals surface area contributed by atoms with E-state index in [9.17, 15) is 9.59 Å². The summed E-state index contributed by atoms with van der Waals surface area (Å²) in [5.41, 5.74) is 1.73. The van der Waals surface area contributed by atoms with Gasteiger partial charge in [0.05, 0.1) is 6.54 Å². The van der Waals surface area contributed by atoms with Crippen molar-refractivity contribution in [1.82, 2.24) is 25.4 Å². The zero-order chi connectivity index (χ0) is 19.2. The second-order valence-corrected chi connectivity index (χ2v) is 7.49. The van der Waals surface area contributed by atoms with Gasteiger partial charge in [-0.25, -0.2) is 4.98 Å². The van der Waals surface area contributed by atoms with Crippen LogP contribution in [0.25, 0.3) is 0 Å². The predicted octanol–water partition coefficient (Wildman–Crippen LogP) is 1.76. The molecule has 27 heavy (non-hydrogen) atoms. The Balaban J connectivity index is 1.44. The van der Waals surface area contributed by atoms with Crippen LogP contribution in [0.4, 0.5) is 0 Å². The fourth-order valence-electron chi connectivity index (χ4n) is 3.11. The van der Waals surface area contributed by atoms with Crippen molar-refractivity contribution in [2.75, 3.05) is 13.1 Å². The van der Waals surface area contributed by atoms with E-state index in [1.807, 2.05) is 36.1 Å². The van der Waals surface area contributed by atoms with Gasteiger partial charge >= 0.3 is 5.97 Å². The average Bonchev–Trinajstić information content (AvgIpc) is 3.14. The lowest BCUT2D eigenvalue weighted by molar-refractivity contribution is -0.139. The van der Waals surface area contributed by atoms with Gasteiger partial charge in [0.2, 0.25) is 0 Å². The van der Waals surface area contributed by atoms with Crippen LogP contribution in [0.1, 0.15) is 35.7 Å². The SMILES string of the molecule is CCN(CC(=O)O)C1CC(NC(=O)c2ccc(CSc3ncn[nH]3)cc2)C1. The van der Waals surface area contributed by atoms with Crippen LogP contribution in [0.15, 0.2) is 35.7 Å². The number of nitrogens with zero attached hydrogens (tertiary/aromatic N) is 3. The first-order valence-corrected chi connectivity index (χ1v) is 9.87. The first kappa shape index (κ1) is 19.4. The van der Waals surface area contributed by atoms with Crippen LogP contribution in [-0.4, -0.2) is 62.2 Å². The molecule has 9 heteroatoms. The molecule has 1 saturated carbocycles. The third-order valence-corrected chi connectivity index (χ3v) is 5.64. The van der Waals surface area contributed by atoms with Crippen molar-refractivity contribution < 1.29 is 14.7 Å².